The van der Waals surface area contributed by atoms with Crippen LogP contribution in [0.2, 0.25) is 0 Å². The molecule has 0 N–H and O–H groups in total. The standard InChI is InChI=1S/C16H21N3O4S/c1-10-8-11(2)18-14(17-10)24-12(3)13(20)19-6-4-16(5-7-19)9-22-15(21)23-16/h8,12H,4-7,9H2,1-3H3/t12-/m0/s1. The highest BCUT2D eigenvalue weighted by Gasteiger charge is 2.45. The van der Waals surface area contributed by atoms with Crippen molar-refractivity contribution in [2.45, 2.75) is 49.6 Å². The quantitative estimate of drug-likeness (QED) is 0.468. The number of aromatic nitrogens is 2. The second-order valence-corrected chi connectivity index (χ2v) is 7.65. The van der Waals surface area contributed by atoms with Gasteiger partial charge in [0.1, 0.15) is 6.61 Å². The highest BCUT2D eigenvalue weighted by Crippen LogP contribution is 2.32. The summed E-state index contributed by atoms with van der Waals surface area (Å²) in [5.41, 5.74) is 1.25. The zero-order valence-electron chi connectivity index (χ0n) is 14.1. The first-order valence-electron chi connectivity index (χ1n) is 8.00. The number of rotatable bonds is 3. The average molecular weight is 351 g/mol. The highest BCUT2D eigenvalue weighted by molar-refractivity contribution is 8.00. The molecule has 2 fully saturated rings. The van der Waals surface area contributed by atoms with Gasteiger partial charge in [0.15, 0.2) is 10.8 Å². The minimum absolute atomic E-state index is 0.0582. The summed E-state index contributed by atoms with van der Waals surface area (Å²) in [5, 5.41) is 0.364. The number of likely N-dealkylation sites (tertiary alicyclic amines) is 1. The van der Waals surface area contributed by atoms with Crippen LogP contribution in [0, 0.1) is 13.8 Å². The molecule has 0 aromatic carbocycles. The molecule has 8 heteroatoms. The topological polar surface area (TPSA) is 81.6 Å². The van der Waals surface area contributed by atoms with E-state index in [1.165, 1.54) is 11.8 Å². The first-order chi connectivity index (χ1) is 11.4. The van der Waals surface area contributed by atoms with Crippen LogP contribution in [0.5, 0.6) is 0 Å². The number of thioether (sulfide) groups is 1. The molecule has 0 saturated carbocycles. The van der Waals surface area contributed by atoms with Crippen molar-refractivity contribution >= 4 is 23.8 Å². The van der Waals surface area contributed by atoms with Gasteiger partial charge in [0.05, 0.1) is 5.25 Å². The molecule has 2 saturated heterocycles. The number of carbonyl (C=O) groups excluding carboxylic acids is 2. The lowest BCUT2D eigenvalue weighted by Gasteiger charge is -2.37. The van der Waals surface area contributed by atoms with Crippen molar-refractivity contribution in [1.29, 1.82) is 0 Å². The number of amides is 1. The lowest BCUT2D eigenvalue weighted by Crippen LogP contribution is -2.49. The Morgan fingerprint density at radius 1 is 1.29 bits per heavy atom. The van der Waals surface area contributed by atoms with Gasteiger partial charge in [-0.25, -0.2) is 14.8 Å². The molecule has 1 aromatic rings. The molecule has 24 heavy (non-hydrogen) atoms. The molecule has 0 radical (unpaired) electrons. The van der Waals surface area contributed by atoms with Crippen molar-refractivity contribution in [3.05, 3.63) is 17.5 Å². The van der Waals surface area contributed by atoms with Crippen molar-refractivity contribution in [2.75, 3.05) is 19.7 Å². The van der Waals surface area contributed by atoms with Gasteiger partial charge in [-0.05, 0) is 26.8 Å². The molecule has 1 aromatic heterocycles. The molecular weight excluding hydrogens is 330 g/mol. The van der Waals surface area contributed by atoms with Crippen LogP contribution in [0.25, 0.3) is 0 Å². The number of nitrogens with zero attached hydrogens (tertiary/aromatic N) is 3. The fraction of sp³-hybridized carbons (Fsp3) is 0.625. The maximum Gasteiger partial charge on any atom is 0.509 e. The van der Waals surface area contributed by atoms with Gasteiger partial charge >= 0.3 is 6.16 Å². The van der Waals surface area contributed by atoms with Crippen molar-refractivity contribution in [1.82, 2.24) is 14.9 Å². The molecule has 130 valence electrons. The van der Waals surface area contributed by atoms with Crippen LogP contribution in [0.15, 0.2) is 11.2 Å². The van der Waals surface area contributed by atoms with E-state index in [0.29, 0.717) is 31.1 Å². The predicted molar refractivity (Wildman–Crippen MR) is 87.8 cm³/mol. The minimum atomic E-state index is -0.606. The third-order valence-electron chi connectivity index (χ3n) is 4.33. The fourth-order valence-corrected chi connectivity index (χ4v) is 3.98. The Morgan fingerprint density at radius 2 is 1.92 bits per heavy atom. The summed E-state index contributed by atoms with van der Waals surface area (Å²) < 4.78 is 10.2. The predicted octanol–water partition coefficient (Wildman–Crippen LogP) is 2.10. The largest absolute Gasteiger partial charge is 0.509 e. The van der Waals surface area contributed by atoms with Gasteiger partial charge in [0.2, 0.25) is 5.91 Å². The Kier molecular flexibility index (Phi) is 4.67. The van der Waals surface area contributed by atoms with Gasteiger partial charge in [-0.3, -0.25) is 4.79 Å². The van der Waals surface area contributed by atoms with E-state index in [4.69, 9.17) is 9.47 Å². The Hall–Kier alpha value is -1.83. The maximum absolute atomic E-state index is 12.7. The minimum Gasteiger partial charge on any atom is -0.430 e. The first-order valence-corrected chi connectivity index (χ1v) is 8.88. The third-order valence-corrected chi connectivity index (χ3v) is 5.28. The fourth-order valence-electron chi connectivity index (χ4n) is 3.02. The summed E-state index contributed by atoms with van der Waals surface area (Å²) >= 11 is 1.37. The number of piperidine rings is 1. The molecule has 1 spiro atoms. The normalized spacial score (nSPS) is 20.6. The molecule has 0 unspecified atom stereocenters. The van der Waals surface area contributed by atoms with Crippen molar-refractivity contribution in [3.63, 3.8) is 0 Å². The summed E-state index contributed by atoms with van der Waals surface area (Å²) in [6, 6.07) is 1.91. The molecule has 2 aliphatic rings. The second kappa shape index (κ2) is 6.58. The molecule has 3 rings (SSSR count). The van der Waals surface area contributed by atoms with E-state index in [-0.39, 0.29) is 17.8 Å². The highest BCUT2D eigenvalue weighted by atomic mass is 32.2. The van der Waals surface area contributed by atoms with Crippen LogP contribution in [0.3, 0.4) is 0 Å². The number of hydrogen-bond acceptors (Lipinski definition) is 7. The molecule has 0 aliphatic carbocycles. The lowest BCUT2D eigenvalue weighted by molar-refractivity contribution is -0.133. The molecule has 1 amide bonds. The van der Waals surface area contributed by atoms with Crippen LogP contribution >= 0.6 is 11.8 Å². The first kappa shape index (κ1) is 17.0. The Balaban J connectivity index is 1.57. The molecule has 0 bridgehead atoms. The number of aryl methyl sites for hydroxylation is 2. The van der Waals surface area contributed by atoms with E-state index in [9.17, 15) is 9.59 Å². The van der Waals surface area contributed by atoms with E-state index in [0.717, 1.165) is 11.4 Å². The van der Waals surface area contributed by atoms with Gasteiger partial charge in [-0.1, -0.05) is 11.8 Å². The monoisotopic (exact) mass is 351 g/mol. The van der Waals surface area contributed by atoms with Gasteiger partial charge < -0.3 is 14.4 Å². The maximum atomic E-state index is 12.7. The number of carbonyl (C=O) groups is 2. The molecule has 3 heterocycles. The van der Waals surface area contributed by atoms with E-state index in [1.807, 2.05) is 31.7 Å². The van der Waals surface area contributed by atoms with Crippen LogP contribution in [-0.2, 0) is 14.3 Å². The SMILES string of the molecule is Cc1cc(C)nc(S[C@@H](C)C(=O)N2CCC3(CC2)COC(=O)O3)n1. The summed E-state index contributed by atoms with van der Waals surface area (Å²) in [7, 11) is 0. The smallest absolute Gasteiger partial charge is 0.430 e. The second-order valence-electron chi connectivity index (χ2n) is 6.34. The summed E-state index contributed by atoms with van der Waals surface area (Å²) in [5.74, 6) is 0.0582. The Labute approximate surface area is 145 Å². The summed E-state index contributed by atoms with van der Waals surface area (Å²) in [6.07, 6.45) is 0.620. The molecule has 7 nitrogen and oxygen atoms in total. The summed E-state index contributed by atoms with van der Waals surface area (Å²) in [4.78, 5) is 34.4. The zero-order valence-corrected chi connectivity index (χ0v) is 14.9. The molecule has 1 atom stereocenters. The van der Waals surface area contributed by atoms with Crippen LogP contribution < -0.4 is 0 Å². The Morgan fingerprint density at radius 3 is 2.46 bits per heavy atom. The number of ether oxygens (including phenoxy) is 2. The van der Waals surface area contributed by atoms with Crippen LogP contribution in [-0.4, -0.2) is 57.5 Å². The average Bonchev–Trinajstić information content (AvgIpc) is 2.87. The van der Waals surface area contributed by atoms with Crippen molar-refractivity contribution < 1.29 is 19.1 Å². The van der Waals surface area contributed by atoms with Crippen LogP contribution in [0.4, 0.5) is 4.79 Å². The van der Waals surface area contributed by atoms with E-state index in [1.54, 1.807) is 0 Å². The van der Waals surface area contributed by atoms with Gasteiger partial charge in [-0.15, -0.1) is 0 Å². The number of cyclic esters (lactones) is 1. The van der Waals surface area contributed by atoms with E-state index < -0.39 is 11.8 Å². The number of hydrogen-bond donors (Lipinski definition) is 0. The molecule has 2 aliphatic heterocycles. The molecular formula is C16H21N3O4S. The van der Waals surface area contributed by atoms with Crippen molar-refractivity contribution in [2.24, 2.45) is 0 Å². The van der Waals surface area contributed by atoms with E-state index >= 15 is 0 Å². The van der Waals surface area contributed by atoms with Crippen LogP contribution in [0.1, 0.15) is 31.2 Å². The zero-order chi connectivity index (χ0) is 17.3. The van der Waals surface area contributed by atoms with E-state index in [2.05, 4.69) is 9.97 Å². The van der Waals surface area contributed by atoms with Gasteiger partial charge in [-0.2, -0.15) is 0 Å². The Bertz CT molecular complexity index is 638. The summed E-state index contributed by atoms with van der Waals surface area (Å²) in [6.45, 7) is 7.12. The van der Waals surface area contributed by atoms with Crippen molar-refractivity contribution in [3.8, 4) is 0 Å². The third kappa shape index (κ3) is 3.63. The van der Waals surface area contributed by atoms with Gasteiger partial charge in [0.25, 0.3) is 0 Å². The lowest BCUT2D eigenvalue weighted by atomic mass is 9.92. The van der Waals surface area contributed by atoms with Gasteiger partial charge in [0, 0.05) is 37.3 Å².